The predicted molar refractivity (Wildman–Crippen MR) is 149 cm³/mol. The van der Waals surface area contributed by atoms with Crippen molar-refractivity contribution in [2.24, 2.45) is 5.92 Å². The first-order chi connectivity index (χ1) is 19.0. The molecule has 3 aromatic rings. The van der Waals surface area contributed by atoms with Gasteiger partial charge in [0.1, 0.15) is 11.6 Å². The Bertz CT molecular complexity index is 1490. The second kappa shape index (κ2) is 9.30. The summed E-state index contributed by atoms with van der Waals surface area (Å²) in [5, 5.41) is 10.9. The van der Waals surface area contributed by atoms with Crippen molar-refractivity contribution < 1.29 is 47.8 Å². The molecule has 5 aliphatic rings. The third-order valence-corrected chi connectivity index (χ3v) is 10.8. The molecule has 5 nitrogen and oxygen atoms in total. The van der Waals surface area contributed by atoms with E-state index in [9.17, 15) is 9.90 Å². The third-order valence-electron chi connectivity index (χ3n) is 10.8. The van der Waals surface area contributed by atoms with Crippen LogP contribution in [0.2, 0.25) is 0 Å². The molecule has 2 bridgehead atoms. The number of halogens is 1. The van der Waals surface area contributed by atoms with Crippen molar-refractivity contribution in [1.29, 1.82) is 0 Å². The molecule has 1 spiro atoms. The van der Waals surface area contributed by atoms with Crippen LogP contribution in [0.3, 0.4) is 0 Å². The van der Waals surface area contributed by atoms with Crippen molar-refractivity contribution in [3.63, 3.8) is 0 Å². The van der Waals surface area contributed by atoms with Gasteiger partial charge in [-0.3, -0.25) is 4.79 Å². The molecule has 0 unspecified atom stereocenters. The molecule has 2 aliphatic heterocycles. The van der Waals surface area contributed by atoms with Crippen LogP contribution in [0.5, 0.6) is 11.5 Å². The number of likely N-dealkylation sites (N-methyl/N-ethyl adjacent to an activating group) is 1. The normalized spacial score (nSPS) is 33.1. The zero-order valence-corrected chi connectivity index (χ0v) is 25.1. The summed E-state index contributed by atoms with van der Waals surface area (Å²) in [4.78, 5) is 13.6. The molecule has 208 valence electrons. The van der Waals surface area contributed by atoms with Gasteiger partial charge in [0.05, 0.1) is 32.2 Å². The molecule has 0 aromatic heterocycles. The maximum absolute atomic E-state index is 13.6. The fraction of sp³-hybridized carbons (Fsp3) is 0.441. The highest BCUT2D eigenvalue weighted by Crippen LogP contribution is 2.67. The van der Waals surface area contributed by atoms with Gasteiger partial charge in [-0.1, -0.05) is 60.7 Å². The second-order valence-electron chi connectivity index (χ2n) is 12.9. The van der Waals surface area contributed by atoms with Crippen LogP contribution in [0, 0.1) is 5.92 Å². The summed E-state index contributed by atoms with van der Waals surface area (Å²) >= 11 is 0. The molecule has 1 N–H and O–H groups in total. The molecule has 2 saturated carbocycles. The van der Waals surface area contributed by atoms with Gasteiger partial charge in [0, 0.05) is 30.7 Å². The van der Waals surface area contributed by atoms with Gasteiger partial charge < -0.3 is 43.0 Å². The van der Waals surface area contributed by atoms with E-state index in [-0.39, 0.29) is 41.6 Å². The Morgan fingerprint density at radius 3 is 2.60 bits per heavy atom. The van der Waals surface area contributed by atoms with Crippen molar-refractivity contribution in [1.82, 2.24) is 0 Å². The number of carbonyl (C=O) groups excluding carboxylic acids is 1. The van der Waals surface area contributed by atoms with Crippen molar-refractivity contribution in [3.05, 3.63) is 83.4 Å². The maximum Gasteiger partial charge on any atom is 0.174 e. The number of phenols is 1. The van der Waals surface area contributed by atoms with Gasteiger partial charge in [0.15, 0.2) is 23.4 Å². The minimum Gasteiger partial charge on any atom is -1.00 e. The first-order valence-electron chi connectivity index (χ1n) is 14.6. The molecule has 3 aliphatic carbocycles. The Morgan fingerprint density at radius 2 is 1.80 bits per heavy atom. The summed E-state index contributed by atoms with van der Waals surface area (Å²) < 4.78 is 14.9. The summed E-state index contributed by atoms with van der Waals surface area (Å²) in [5.74, 6) is 1.62. The van der Waals surface area contributed by atoms with E-state index in [4.69, 9.17) is 9.47 Å². The number of quaternary nitrogens is 1. The fourth-order valence-corrected chi connectivity index (χ4v) is 8.95. The maximum atomic E-state index is 13.6. The van der Waals surface area contributed by atoms with Gasteiger partial charge in [0.2, 0.25) is 0 Å². The average Bonchev–Trinajstić information content (AvgIpc) is 3.69. The number of benzene rings is 3. The molecule has 0 radical (unpaired) electrons. The number of phenolic OH excluding ortho intramolecular Hbond substituents is 1. The van der Waals surface area contributed by atoms with Crippen molar-refractivity contribution >= 4 is 5.78 Å². The molecule has 1 saturated heterocycles. The molecule has 40 heavy (non-hydrogen) atoms. The number of hydrogen-bond acceptors (Lipinski definition) is 4. The van der Waals surface area contributed by atoms with Crippen LogP contribution in [0.15, 0.2) is 66.7 Å². The van der Waals surface area contributed by atoms with E-state index < -0.39 is 17.1 Å². The van der Waals surface area contributed by atoms with Gasteiger partial charge in [0.25, 0.3) is 0 Å². The van der Waals surface area contributed by atoms with Gasteiger partial charge in [-0.25, -0.2) is 0 Å². The summed E-state index contributed by atoms with van der Waals surface area (Å²) in [5.41, 5.74) is 4.73. The van der Waals surface area contributed by atoms with Crippen molar-refractivity contribution in [3.8, 4) is 22.6 Å². The van der Waals surface area contributed by atoms with E-state index >= 15 is 0 Å². The lowest BCUT2D eigenvalue weighted by atomic mass is 9.48. The standard InChI is InChI=1S/C34H35NO4.HI/c1-35(20-22-11-12-22)18-17-33-30-24-13-14-27(36)31(30)39-32(33)28(37)15-16-34(33,29(35)19-24)38-21-25-9-5-6-10-26(25)23-7-3-2-4-8-23;/h2-10,13-14,22,29,32H,11-12,15-21H2,1H3;1H/t29-,32+,33+,34-,35-;/m1./s1. The third kappa shape index (κ3) is 3.54. The van der Waals surface area contributed by atoms with Crippen molar-refractivity contribution in [2.75, 3.05) is 20.1 Å². The lowest BCUT2D eigenvalue weighted by Gasteiger charge is -2.66. The highest BCUT2D eigenvalue weighted by molar-refractivity contribution is 5.90. The predicted octanol–water partition coefficient (Wildman–Crippen LogP) is 2.57. The minimum absolute atomic E-state index is 0. The number of carbonyl (C=O) groups is 1. The summed E-state index contributed by atoms with van der Waals surface area (Å²) in [7, 11) is 2.44. The van der Waals surface area contributed by atoms with E-state index in [2.05, 4.69) is 61.6 Å². The first kappa shape index (κ1) is 26.5. The first-order valence-corrected chi connectivity index (χ1v) is 14.6. The Labute approximate surface area is 253 Å². The quantitative estimate of drug-likeness (QED) is 0.330. The van der Waals surface area contributed by atoms with E-state index in [1.54, 1.807) is 6.07 Å². The zero-order chi connectivity index (χ0) is 26.4. The fourth-order valence-electron chi connectivity index (χ4n) is 8.95. The van der Waals surface area contributed by atoms with Crippen LogP contribution in [-0.4, -0.2) is 53.3 Å². The number of nitrogens with zero attached hydrogens (tertiary/aromatic N) is 1. The average molecular weight is 650 g/mol. The number of rotatable bonds is 6. The van der Waals surface area contributed by atoms with Gasteiger partial charge in [-0.2, -0.15) is 0 Å². The SMILES string of the molecule is C[N@+]1(CC2CC2)CC[C@]23c4c5ccc(O)c4O[C@H]2C(=O)CC[C@@]3(OCc2ccccc2-c2ccccc2)[C@H]1C5.[I-]. The number of likely N-dealkylation sites (tertiary alicyclic amines) is 1. The van der Waals surface area contributed by atoms with Crippen LogP contribution in [0.1, 0.15) is 48.8 Å². The molecular formula is C34H36INO4. The second-order valence-corrected chi connectivity index (χ2v) is 12.9. The lowest BCUT2D eigenvalue weighted by molar-refractivity contribution is -0.950. The number of hydrogen-bond donors (Lipinski definition) is 1. The summed E-state index contributed by atoms with van der Waals surface area (Å²) in [6.45, 7) is 2.66. The number of aromatic hydroxyl groups is 1. The molecule has 5 atom stereocenters. The molecule has 2 heterocycles. The van der Waals surface area contributed by atoms with Gasteiger partial charge in [-0.15, -0.1) is 0 Å². The summed E-state index contributed by atoms with van der Waals surface area (Å²) in [6.07, 6.45) is 4.94. The molecule has 6 heteroatoms. The number of ether oxygens (including phenoxy) is 2. The molecule has 3 fully saturated rings. The Kier molecular flexibility index (Phi) is 6.15. The van der Waals surface area contributed by atoms with E-state index in [1.165, 1.54) is 41.6 Å². The van der Waals surface area contributed by atoms with Crippen LogP contribution in [-0.2, 0) is 28.0 Å². The number of piperidine rings is 1. The van der Waals surface area contributed by atoms with Crippen LogP contribution >= 0.6 is 0 Å². The highest BCUT2D eigenvalue weighted by atomic mass is 127. The Hall–Kier alpha value is -2.42. The topological polar surface area (TPSA) is 55.8 Å². The van der Waals surface area contributed by atoms with Crippen LogP contribution in [0.25, 0.3) is 11.1 Å². The van der Waals surface area contributed by atoms with Gasteiger partial charge >= 0.3 is 0 Å². The zero-order valence-electron chi connectivity index (χ0n) is 22.9. The van der Waals surface area contributed by atoms with Crippen molar-refractivity contribution in [2.45, 2.75) is 68.3 Å². The largest absolute Gasteiger partial charge is 1.00 e. The van der Waals surface area contributed by atoms with E-state index in [0.29, 0.717) is 25.2 Å². The Balaban J connectivity index is 0.00000264. The smallest absolute Gasteiger partial charge is 0.174 e. The number of ketones is 1. The monoisotopic (exact) mass is 649 g/mol. The summed E-state index contributed by atoms with van der Waals surface area (Å²) in [6, 6.07) is 23.1. The van der Waals surface area contributed by atoms with E-state index in [0.717, 1.165) is 35.4 Å². The minimum atomic E-state index is -0.588. The molecule has 3 aromatic carbocycles. The van der Waals surface area contributed by atoms with Gasteiger partial charge in [-0.05, 0) is 47.6 Å². The van der Waals surface area contributed by atoms with Crippen LogP contribution in [0.4, 0.5) is 0 Å². The number of Topliss-reactive ketones (excluding diaryl/α,β-unsaturated/α-hetero) is 1. The molecule has 8 rings (SSSR count). The molecule has 0 amide bonds. The molecular weight excluding hydrogens is 613 g/mol. The Morgan fingerprint density at radius 1 is 1.02 bits per heavy atom. The lowest BCUT2D eigenvalue weighted by Crippen LogP contribution is -3.00. The highest BCUT2D eigenvalue weighted by Gasteiger charge is 2.77. The van der Waals surface area contributed by atoms with Crippen LogP contribution < -0.4 is 28.7 Å². The van der Waals surface area contributed by atoms with E-state index in [1.807, 2.05) is 6.07 Å².